The van der Waals surface area contributed by atoms with Crippen LogP contribution >= 0.6 is 0 Å². The zero-order chi connectivity index (χ0) is 16.7. The summed E-state index contributed by atoms with van der Waals surface area (Å²) in [7, 11) is 1.83. The Labute approximate surface area is 136 Å². The van der Waals surface area contributed by atoms with Crippen LogP contribution < -0.4 is 15.5 Å². The molecule has 0 aliphatic heterocycles. The first-order valence-corrected chi connectivity index (χ1v) is 7.87. The number of carbonyl (C=O) groups is 2. The van der Waals surface area contributed by atoms with Crippen molar-refractivity contribution in [3.63, 3.8) is 0 Å². The Morgan fingerprint density at radius 1 is 1.09 bits per heavy atom. The summed E-state index contributed by atoms with van der Waals surface area (Å²) in [5, 5.41) is 7.29. The summed E-state index contributed by atoms with van der Waals surface area (Å²) in [6, 6.07) is 13.7. The SMILES string of the molecule is CCCCNC(=O)NC(=O)CN(C)c1ccc2ccccc2c1. The maximum atomic E-state index is 11.9. The molecule has 0 heterocycles. The number of anilines is 1. The van der Waals surface area contributed by atoms with Crippen molar-refractivity contribution in [2.75, 3.05) is 25.0 Å². The van der Waals surface area contributed by atoms with Crippen LogP contribution in [-0.2, 0) is 4.79 Å². The van der Waals surface area contributed by atoms with E-state index in [-0.39, 0.29) is 12.5 Å². The maximum Gasteiger partial charge on any atom is 0.321 e. The van der Waals surface area contributed by atoms with Gasteiger partial charge in [0.05, 0.1) is 6.54 Å². The molecule has 5 heteroatoms. The van der Waals surface area contributed by atoms with E-state index in [0.717, 1.165) is 29.3 Å². The number of fused-ring (bicyclic) bond motifs is 1. The number of hydrogen-bond donors (Lipinski definition) is 2. The van der Waals surface area contributed by atoms with Gasteiger partial charge in [0.1, 0.15) is 0 Å². The molecule has 0 radical (unpaired) electrons. The quantitative estimate of drug-likeness (QED) is 0.806. The minimum absolute atomic E-state index is 0.125. The van der Waals surface area contributed by atoms with Gasteiger partial charge in [-0.1, -0.05) is 43.7 Å². The van der Waals surface area contributed by atoms with E-state index in [0.29, 0.717) is 6.54 Å². The molecule has 0 aliphatic carbocycles. The summed E-state index contributed by atoms with van der Waals surface area (Å²) in [6.07, 6.45) is 1.90. The minimum atomic E-state index is -0.435. The van der Waals surface area contributed by atoms with Gasteiger partial charge in [-0.3, -0.25) is 10.1 Å². The molecule has 3 amide bonds. The molecule has 5 nitrogen and oxygen atoms in total. The minimum Gasteiger partial charge on any atom is -0.365 e. The molecule has 0 aromatic heterocycles. The molecular formula is C18H23N3O2. The largest absolute Gasteiger partial charge is 0.365 e. The highest BCUT2D eigenvalue weighted by molar-refractivity contribution is 5.96. The maximum absolute atomic E-state index is 11.9. The van der Waals surface area contributed by atoms with E-state index in [9.17, 15) is 9.59 Å². The van der Waals surface area contributed by atoms with Gasteiger partial charge in [-0.05, 0) is 29.3 Å². The Morgan fingerprint density at radius 3 is 2.57 bits per heavy atom. The number of benzene rings is 2. The average Bonchev–Trinajstić information content (AvgIpc) is 2.54. The van der Waals surface area contributed by atoms with Crippen molar-refractivity contribution in [1.82, 2.24) is 10.6 Å². The molecule has 2 aromatic carbocycles. The van der Waals surface area contributed by atoms with E-state index >= 15 is 0 Å². The lowest BCUT2D eigenvalue weighted by atomic mass is 10.1. The molecule has 0 saturated heterocycles. The number of amides is 3. The van der Waals surface area contributed by atoms with Crippen molar-refractivity contribution < 1.29 is 9.59 Å². The highest BCUT2D eigenvalue weighted by Crippen LogP contribution is 2.20. The third-order valence-electron chi connectivity index (χ3n) is 3.62. The standard InChI is InChI=1S/C18H23N3O2/c1-3-4-11-19-18(23)20-17(22)13-21(2)16-10-9-14-7-5-6-8-15(14)12-16/h5-10,12H,3-4,11,13H2,1-2H3,(H2,19,20,22,23). The van der Waals surface area contributed by atoms with Gasteiger partial charge in [0.15, 0.2) is 0 Å². The van der Waals surface area contributed by atoms with Gasteiger partial charge >= 0.3 is 6.03 Å². The number of nitrogens with zero attached hydrogens (tertiary/aromatic N) is 1. The number of nitrogens with one attached hydrogen (secondary N) is 2. The van der Waals surface area contributed by atoms with E-state index in [1.54, 1.807) is 0 Å². The first kappa shape index (κ1) is 16.8. The van der Waals surface area contributed by atoms with Crippen LogP contribution in [-0.4, -0.2) is 32.1 Å². The van der Waals surface area contributed by atoms with E-state index in [4.69, 9.17) is 0 Å². The summed E-state index contributed by atoms with van der Waals surface area (Å²) in [4.78, 5) is 25.3. The van der Waals surface area contributed by atoms with Crippen LogP contribution in [0.3, 0.4) is 0 Å². The molecule has 2 rings (SSSR count). The number of rotatable bonds is 6. The number of likely N-dealkylation sites (N-methyl/N-ethyl adjacent to an activating group) is 1. The van der Waals surface area contributed by atoms with Crippen LogP contribution in [0.25, 0.3) is 10.8 Å². The smallest absolute Gasteiger partial charge is 0.321 e. The first-order valence-electron chi connectivity index (χ1n) is 7.87. The number of unbranched alkanes of at least 4 members (excludes halogenated alkanes) is 1. The number of imide groups is 1. The van der Waals surface area contributed by atoms with Crippen molar-refractivity contribution in [1.29, 1.82) is 0 Å². The van der Waals surface area contributed by atoms with Crippen LogP contribution in [0.15, 0.2) is 42.5 Å². The second-order valence-corrected chi connectivity index (χ2v) is 5.55. The molecule has 0 aliphatic rings. The van der Waals surface area contributed by atoms with Crippen LogP contribution in [0.5, 0.6) is 0 Å². The van der Waals surface area contributed by atoms with E-state index in [1.165, 1.54) is 0 Å². The van der Waals surface area contributed by atoms with Crippen LogP contribution in [0, 0.1) is 0 Å². The molecule has 2 aromatic rings. The fraction of sp³-hybridized carbons (Fsp3) is 0.333. The summed E-state index contributed by atoms with van der Waals surface area (Å²) >= 11 is 0. The van der Waals surface area contributed by atoms with Gasteiger partial charge < -0.3 is 10.2 Å². The molecule has 0 atom stereocenters. The van der Waals surface area contributed by atoms with Gasteiger partial charge in [0.2, 0.25) is 5.91 Å². The van der Waals surface area contributed by atoms with Gasteiger partial charge in [-0.2, -0.15) is 0 Å². The third-order valence-corrected chi connectivity index (χ3v) is 3.62. The van der Waals surface area contributed by atoms with Crippen molar-refractivity contribution in [2.45, 2.75) is 19.8 Å². The summed E-state index contributed by atoms with van der Waals surface area (Å²) < 4.78 is 0. The van der Waals surface area contributed by atoms with Gasteiger partial charge in [0.25, 0.3) is 0 Å². The van der Waals surface area contributed by atoms with Crippen molar-refractivity contribution in [3.05, 3.63) is 42.5 Å². The Hall–Kier alpha value is -2.56. The van der Waals surface area contributed by atoms with E-state index in [2.05, 4.69) is 10.6 Å². The zero-order valence-corrected chi connectivity index (χ0v) is 13.6. The predicted octanol–water partition coefficient (Wildman–Crippen LogP) is 2.90. The average molecular weight is 313 g/mol. The molecule has 0 unspecified atom stereocenters. The molecule has 2 N–H and O–H groups in total. The number of hydrogen-bond acceptors (Lipinski definition) is 3. The van der Waals surface area contributed by atoms with E-state index in [1.807, 2.05) is 61.3 Å². The Balaban J connectivity index is 1.90. The fourth-order valence-corrected chi connectivity index (χ4v) is 2.31. The van der Waals surface area contributed by atoms with Crippen LogP contribution in [0.2, 0.25) is 0 Å². The van der Waals surface area contributed by atoms with Gasteiger partial charge in [0, 0.05) is 19.3 Å². The van der Waals surface area contributed by atoms with E-state index < -0.39 is 6.03 Å². The lowest BCUT2D eigenvalue weighted by Gasteiger charge is -2.19. The molecule has 0 fully saturated rings. The van der Waals surface area contributed by atoms with Crippen LogP contribution in [0.4, 0.5) is 10.5 Å². The topological polar surface area (TPSA) is 61.4 Å². The highest BCUT2D eigenvalue weighted by atomic mass is 16.2. The second kappa shape index (κ2) is 8.17. The normalized spacial score (nSPS) is 10.3. The fourth-order valence-electron chi connectivity index (χ4n) is 2.31. The Morgan fingerprint density at radius 2 is 1.83 bits per heavy atom. The molecule has 0 spiro atoms. The summed E-state index contributed by atoms with van der Waals surface area (Å²) in [5.41, 5.74) is 0.935. The number of urea groups is 1. The van der Waals surface area contributed by atoms with Crippen molar-refractivity contribution >= 4 is 28.4 Å². The van der Waals surface area contributed by atoms with Gasteiger partial charge in [-0.15, -0.1) is 0 Å². The summed E-state index contributed by atoms with van der Waals surface area (Å²) in [6.45, 7) is 2.75. The van der Waals surface area contributed by atoms with Crippen molar-refractivity contribution in [2.24, 2.45) is 0 Å². The molecule has 0 saturated carbocycles. The predicted molar refractivity (Wildman–Crippen MR) is 93.7 cm³/mol. The van der Waals surface area contributed by atoms with Gasteiger partial charge in [-0.25, -0.2) is 4.79 Å². The monoisotopic (exact) mass is 313 g/mol. The number of carbonyl (C=O) groups excluding carboxylic acids is 2. The second-order valence-electron chi connectivity index (χ2n) is 5.55. The molecule has 0 bridgehead atoms. The Kier molecular flexibility index (Phi) is 5.97. The Bertz CT molecular complexity index is 685. The van der Waals surface area contributed by atoms with Crippen LogP contribution in [0.1, 0.15) is 19.8 Å². The molecular weight excluding hydrogens is 290 g/mol. The first-order chi connectivity index (χ1) is 11.1. The highest BCUT2D eigenvalue weighted by Gasteiger charge is 2.11. The van der Waals surface area contributed by atoms with Crippen molar-refractivity contribution in [3.8, 4) is 0 Å². The molecule has 23 heavy (non-hydrogen) atoms. The molecule has 122 valence electrons. The lowest BCUT2D eigenvalue weighted by Crippen LogP contribution is -2.44. The lowest BCUT2D eigenvalue weighted by molar-refractivity contribution is -0.118. The zero-order valence-electron chi connectivity index (χ0n) is 13.6. The third kappa shape index (κ3) is 4.98. The summed E-state index contributed by atoms with van der Waals surface area (Å²) in [5.74, 6) is -0.324.